The summed E-state index contributed by atoms with van der Waals surface area (Å²) in [7, 11) is 0. The van der Waals surface area contributed by atoms with Crippen molar-refractivity contribution in [2.24, 2.45) is 0 Å². The summed E-state index contributed by atoms with van der Waals surface area (Å²) in [6.07, 6.45) is 10.1. The number of esters is 1. The summed E-state index contributed by atoms with van der Waals surface area (Å²) in [4.78, 5) is 11.4. The van der Waals surface area contributed by atoms with Crippen molar-refractivity contribution < 1.29 is 63.3 Å². The first-order chi connectivity index (χ1) is 11.4. The monoisotopic (exact) mass is 594 g/mol. The molecule has 0 aromatic heterocycles. The second-order valence-corrected chi connectivity index (χ2v) is 5.57. The predicted octanol–water partition coefficient (Wildman–Crippen LogP) is 5.19. The first-order valence-corrected chi connectivity index (χ1v) is 7.99. The van der Waals surface area contributed by atoms with Crippen molar-refractivity contribution in [1.82, 2.24) is 0 Å². The molecule has 1 aromatic carbocycles. The molecule has 4 heteroatoms. The molecule has 0 N–H and O–H groups in total. The van der Waals surface area contributed by atoms with Gasteiger partial charge in [-0.25, -0.2) is 22.5 Å². The van der Waals surface area contributed by atoms with E-state index in [9.17, 15) is 4.79 Å². The number of rotatable bonds is 6. The smallest absolute Gasteiger partial charge is 0.330 e. The molecular formula is C22H25O2WY-3. The van der Waals surface area contributed by atoms with Crippen LogP contribution >= 0.6 is 0 Å². The van der Waals surface area contributed by atoms with Gasteiger partial charge < -0.3 is 17.7 Å². The number of hydrogen-bond donors (Lipinski definition) is 0. The summed E-state index contributed by atoms with van der Waals surface area (Å²) in [6.45, 7) is 13.9. The van der Waals surface area contributed by atoms with Gasteiger partial charge in [0.25, 0.3) is 0 Å². The number of carbonyl (C=O) groups excluding carboxylic acids is 1. The Balaban J connectivity index is 0. The molecule has 0 heterocycles. The summed E-state index contributed by atoms with van der Waals surface area (Å²) in [6, 6.07) is 7.20. The van der Waals surface area contributed by atoms with Gasteiger partial charge in [0.15, 0.2) is 0 Å². The van der Waals surface area contributed by atoms with Crippen molar-refractivity contribution in [2.45, 2.75) is 34.6 Å². The summed E-state index contributed by atoms with van der Waals surface area (Å²) in [5.74, 6) is -0.312. The third kappa shape index (κ3) is 9.31. The van der Waals surface area contributed by atoms with E-state index in [4.69, 9.17) is 4.74 Å². The Kier molecular flexibility index (Phi) is 15.2. The normalized spacial score (nSPS) is 12.4. The van der Waals surface area contributed by atoms with Crippen LogP contribution in [0.25, 0.3) is 5.57 Å². The van der Waals surface area contributed by atoms with Gasteiger partial charge in [0.2, 0.25) is 0 Å². The fraction of sp³-hybridized carbons (Fsp3) is 0.273. The van der Waals surface area contributed by atoms with E-state index >= 15 is 0 Å². The van der Waals surface area contributed by atoms with Crippen molar-refractivity contribution in [3.05, 3.63) is 83.3 Å². The third-order valence-corrected chi connectivity index (χ3v) is 3.64. The van der Waals surface area contributed by atoms with Gasteiger partial charge in [-0.2, -0.15) is 5.56 Å². The number of benzene rings is 1. The van der Waals surface area contributed by atoms with E-state index in [-0.39, 0.29) is 59.7 Å². The van der Waals surface area contributed by atoms with E-state index in [1.165, 1.54) is 11.6 Å². The Bertz CT molecular complexity index is 713. The molecule has 26 heavy (non-hydrogen) atoms. The van der Waals surface area contributed by atoms with Crippen molar-refractivity contribution in [3.8, 4) is 0 Å². The molecule has 137 valence electrons. The van der Waals surface area contributed by atoms with Gasteiger partial charge in [-0.1, -0.05) is 23.3 Å². The van der Waals surface area contributed by atoms with E-state index in [2.05, 4.69) is 45.9 Å². The first kappa shape index (κ1) is 27.5. The minimum atomic E-state index is -0.312. The Morgan fingerprint density at radius 3 is 2.54 bits per heavy atom. The second kappa shape index (κ2) is 14.4. The third-order valence-electron chi connectivity index (χ3n) is 3.64. The number of ether oxygens (including phenoxy) is 1. The molecule has 0 saturated heterocycles. The van der Waals surface area contributed by atoms with Gasteiger partial charge in [0, 0.05) is 59.9 Å². The molecule has 0 bridgehead atoms. The quantitative estimate of drug-likeness (QED) is 0.196. The molecule has 0 unspecified atom stereocenters. The molecule has 1 radical (unpaired) electrons. The molecule has 0 aliphatic carbocycles. The molecule has 0 atom stereocenters. The van der Waals surface area contributed by atoms with Crippen LogP contribution < -0.4 is 0 Å². The first-order valence-electron chi connectivity index (χ1n) is 7.99. The molecule has 0 aliphatic rings. The Labute approximate surface area is 198 Å². The van der Waals surface area contributed by atoms with Crippen molar-refractivity contribution in [2.75, 3.05) is 6.61 Å². The van der Waals surface area contributed by atoms with Crippen LogP contribution in [0.15, 0.2) is 47.6 Å². The molecule has 0 aliphatic heterocycles. The van der Waals surface area contributed by atoms with Gasteiger partial charge in [-0.15, -0.1) is 6.92 Å². The molecule has 0 amide bonds. The maximum atomic E-state index is 11.4. The van der Waals surface area contributed by atoms with Crippen LogP contribution in [0.5, 0.6) is 0 Å². The Hall–Kier alpha value is -0.688. The summed E-state index contributed by atoms with van der Waals surface area (Å²) in [5, 5.41) is 0. The minimum Gasteiger partial charge on any atom is -0.463 e. The zero-order valence-electron chi connectivity index (χ0n) is 16.2. The van der Waals surface area contributed by atoms with Crippen molar-refractivity contribution in [1.29, 1.82) is 0 Å². The molecule has 0 spiro atoms. The van der Waals surface area contributed by atoms with Crippen LogP contribution in [-0.2, 0) is 63.3 Å². The molecule has 2 nitrogen and oxygen atoms in total. The fourth-order valence-corrected chi connectivity index (χ4v) is 2.17. The maximum absolute atomic E-state index is 11.4. The molecule has 1 rings (SSSR count). The minimum absolute atomic E-state index is 0. The molecule has 0 saturated carbocycles. The molecular weight excluding hydrogens is 569 g/mol. The van der Waals surface area contributed by atoms with Crippen LogP contribution in [-0.4, -0.2) is 12.6 Å². The van der Waals surface area contributed by atoms with Crippen LogP contribution in [0.3, 0.4) is 0 Å². The number of allylic oxidation sites excluding steroid dienone is 6. The van der Waals surface area contributed by atoms with Gasteiger partial charge >= 0.3 is 5.97 Å². The maximum Gasteiger partial charge on any atom is 0.330 e. The number of carbonyl (C=O) groups is 1. The van der Waals surface area contributed by atoms with Crippen LogP contribution in [0.4, 0.5) is 0 Å². The van der Waals surface area contributed by atoms with Crippen LogP contribution in [0.1, 0.15) is 44.4 Å². The number of hydrogen-bond acceptors (Lipinski definition) is 2. The SMILES string of the molecule is [CH2-]C=[C-]c1[c-]cc(C)c(\C(C)=C(C)/C=C/C(C)=C/C(=O)OCC)c1.[W].[Y]. The van der Waals surface area contributed by atoms with Crippen LogP contribution in [0.2, 0.25) is 0 Å². The van der Waals surface area contributed by atoms with E-state index in [1.54, 1.807) is 13.0 Å². The summed E-state index contributed by atoms with van der Waals surface area (Å²) >= 11 is 0. The zero-order valence-corrected chi connectivity index (χ0v) is 22.0. The van der Waals surface area contributed by atoms with Gasteiger partial charge in [-0.05, 0) is 33.3 Å². The zero-order chi connectivity index (χ0) is 18.1. The number of aryl methyl sites for hydroxylation is 1. The predicted molar refractivity (Wildman–Crippen MR) is 100 cm³/mol. The Morgan fingerprint density at radius 2 is 1.96 bits per heavy atom. The average Bonchev–Trinajstić information content (AvgIpc) is 2.54. The van der Waals surface area contributed by atoms with E-state index in [0.29, 0.717) is 6.61 Å². The molecule has 0 fully saturated rings. The fourth-order valence-electron chi connectivity index (χ4n) is 2.17. The van der Waals surface area contributed by atoms with Crippen LogP contribution in [0, 0.1) is 26.0 Å². The summed E-state index contributed by atoms with van der Waals surface area (Å²) in [5.41, 5.74) is 6.37. The topological polar surface area (TPSA) is 26.3 Å². The Morgan fingerprint density at radius 1 is 1.31 bits per heavy atom. The largest absolute Gasteiger partial charge is 0.463 e. The summed E-state index contributed by atoms with van der Waals surface area (Å²) < 4.78 is 4.91. The van der Waals surface area contributed by atoms with E-state index in [1.807, 2.05) is 25.1 Å². The van der Waals surface area contributed by atoms with E-state index < -0.39 is 0 Å². The van der Waals surface area contributed by atoms with Gasteiger partial charge in [0.1, 0.15) is 0 Å². The van der Waals surface area contributed by atoms with Crippen molar-refractivity contribution in [3.63, 3.8) is 0 Å². The molecule has 1 aromatic rings. The second-order valence-electron chi connectivity index (χ2n) is 5.57. The van der Waals surface area contributed by atoms with E-state index in [0.717, 1.165) is 27.8 Å². The average molecular weight is 594 g/mol. The van der Waals surface area contributed by atoms with Gasteiger partial charge in [0.05, 0.1) is 6.61 Å². The van der Waals surface area contributed by atoms with Gasteiger partial charge in [-0.3, -0.25) is 17.7 Å². The van der Waals surface area contributed by atoms with Crippen molar-refractivity contribution >= 4 is 11.5 Å². The standard InChI is InChI=1S/C22H25O2.W.Y/c1-7-9-20-13-12-18(5)21(15-20)19(6)17(4)11-10-16(3)14-22(23)24-8-2;;/h7,10-12,14-15H,1,8H2,2-6H3;;/q-3;;/b11-10+,16-14+,19-17-;;.